The Morgan fingerprint density at radius 2 is 1.71 bits per heavy atom. The van der Waals surface area contributed by atoms with E-state index >= 15 is 0 Å². The van der Waals surface area contributed by atoms with Gasteiger partial charge in [-0.2, -0.15) is 0 Å². The van der Waals surface area contributed by atoms with Crippen molar-refractivity contribution in [2.75, 3.05) is 19.7 Å². The molecule has 0 aromatic rings. The maximum atomic E-state index is 6.50. The van der Waals surface area contributed by atoms with E-state index in [1.165, 1.54) is 38.8 Å². The number of hydrogen-bond donors (Lipinski definition) is 1. The van der Waals surface area contributed by atoms with Gasteiger partial charge in [0.2, 0.25) is 0 Å². The Kier molecular flexibility index (Phi) is 2.43. The Morgan fingerprint density at radius 3 is 2.12 bits per heavy atom. The highest BCUT2D eigenvalue weighted by Crippen LogP contribution is 2.56. The molecule has 0 aromatic heterocycles. The lowest BCUT2D eigenvalue weighted by Gasteiger charge is -2.46. The zero-order valence-corrected chi connectivity index (χ0v) is 11.5. The van der Waals surface area contributed by atoms with Crippen molar-refractivity contribution in [3.8, 4) is 0 Å². The summed E-state index contributed by atoms with van der Waals surface area (Å²) in [6, 6.07) is 0.289. The van der Waals surface area contributed by atoms with Gasteiger partial charge < -0.3 is 10.5 Å². The van der Waals surface area contributed by atoms with Crippen molar-refractivity contribution in [2.45, 2.75) is 63.6 Å². The van der Waals surface area contributed by atoms with Crippen molar-refractivity contribution in [1.82, 2.24) is 4.90 Å². The van der Waals surface area contributed by atoms with Crippen LogP contribution in [0.2, 0.25) is 0 Å². The quantitative estimate of drug-likeness (QED) is 0.699. The van der Waals surface area contributed by atoms with Gasteiger partial charge in [0.25, 0.3) is 0 Å². The van der Waals surface area contributed by atoms with Crippen LogP contribution >= 0.6 is 0 Å². The van der Waals surface area contributed by atoms with Crippen molar-refractivity contribution >= 4 is 0 Å². The normalized spacial score (nSPS) is 35.6. The summed E-state index contributed by atoms with van der Waals surface area (Å²) in [7, 11) is 0. The summed E-state index contributed by atoms with van der Waals surface area (Å²) in [5.41, 5.74) is 7.18. The number of ether oxygens (including phenoxy) is 1. The molecule has 1 saturated carbocycles. The van der Waals surface area contributed by atoms with Gasteiger partial charge in [-0.1, -0.05) is 0 Å². The molecule has 0 bridgehead atoms. The molecule has 3 fully saturated rings. The minimum absolute atomic E-state index is 0.101. The van der Waals surface area contributed by atoms with Crippen LogP contribution < -0.4 is 5.73 Å². The Hall–Kier alpha value is -0.120. The molecule has 0 unspecified atom stereocenters. The lowest BCUT2D eigenvalue weighted by atomic mass is 9.72. The van der Waals surface area contributed by atoms with Crippen molar-refractivity contribution in [3.05, 3.63) is 0 Å². The highest BCUT2D eigenvalue weighted by atomic mass is 16.5. The first-order valence-electron chi connectivity index (χ1n) is 7.03. The second-order valence-corrected chi connectivity index (χ2v) is 7.35. The fraction of sp³-hybridized carbons (Fsp3) is 1.00. The third-order valence-electron chi connectivity index (χ3n) is 5.32. The van der Waals surface area contributed by atoms with E-state index in [4.69, 9.17) is 10.5 Å². The first-order valence-corrected chi connectivity index (χ1v) is 7.03. The van der Waals surface area contributed by atoms with Gasteiger partial charge in [-0.05, 0) is 59.5 Å². The molecule has 2 aliphatic heterocycles. The molecule has 3 nitrogen and oxygen atoms in total. The SMILES string of the molecule is CC(C)(C)N1CCC2(CC1)COC1(CC1)[C@H]2N. The van der Waals surface area contributed by atoms with E-state index in [-0.39, 0.29) is 17.1 Å². The molecule has 98 valence electrons. The van der Waals surface area contributed by atoms with Crippen LogP contribution in [0.3, 0.4) is 0 Å². The Labute approximate surface area is 105 Å². The number of rotatable bonds is 0. The zero-order chi connectivity index (χ0) is 12.3. The highest BCUT2D eigenvalue weighted by Gasteiger charge is 2.63. The molecule has 2 saturated heterocycles. The zero-order valence-electron chi connectivity index (χ0n) is 11.5. The van der Waals surface area contributed by atoms with E-state index in [9.17, 15) is 0 Å². The van der Waals surface area contributed by atoms with E-state index in [1.807, 2.05) is 0 Å². The maximum absolute atomic E-state index is 6.50. The number of piperidine rings is 1. The van der Waals surface area contributed by atoms with E-state index in [2.05, 4.69) is 25.7 Å². The second-order valence-electron chi connectivity index (χ2n) is 7.35. The fourth-order valence-corrected chi connectivity index (χ4v) is 3.68. The smallest absolute Gasteiger partial charge is 0.0841 e. The van der Waals surface area contributed by atoms with Crippen LogP contribution in [-0.4, -0.2) is 41.8 Å². The van der Waals surface area contributed by atoms with E-state index < -0.39 is 0 Å². The molecule has 0 radical (unpaired) electrons. The fourth-order valence-electron chi connectivity index (χ4n) is 3.68. The first-order chi connectivity index (χ1) is 7.88. The van der Waals surface area contributed by atoms with Gasteiger partial charge in [0.15, 0.2) is 0 Å². The minimum atomic E-state index is 0.101. The molecule has 3 heteroatoms. The standard InChI is InChI=1S/C14H26N2O/c1-12(2,3)16-8-6-13(7-9-16)10-17-14(4-5-14)11(13)15/h11H,4-10,15H2,1-3H3/t11-/m0/s1. The summed E-state index contributed by atoms with van der Waals surface area (Å²) in [4.78, 5) is 2.59. The molecule has 1 atom stereocenters. The van der Waals surface area contributed by atoms with Crippen molar-refractivity contribution in [2.24, 2.45) is 11.1 Å². The maximum Gasteiger partial charge on any atom is 0.0841 e. The molecule has 1 aliphatic carbocycles. The first kappa shape index (κ1) is 11.9. The molecular weight excluding hydrogens is 212 g/mol. The highest BCUT2D eigenvalue weighted by molar-refractivity contribution is 5.16. The van der Waals surface area contributed by atoms with Crippen LogP contribution in [0.5, 0.6) is 0 Å². The van der Waals surface area contributed by atoms with Crippen LogP contribution in [0, 0.1) is 5.41 Å². The number of hydrogen-bond acceptors (Lipinski definition) is 3. The van der Waals surface area contributed by atoms with E-state index in [0.29, 0.717) is 5.54 Å². The van der Waals surface area contributed by atoms with Crippen LogP contribution in [0.4, 0.5) is 0 Å². The van der Waals surface area contributed by atoms with Crippen molar-refractivity contribution in [3.63, 3.8) is 0 Å². The molecule has 3 aliphatic rings. The van der Waals surface area contributed by atoms with Gasteiger partial charge in [0, 0.05) is 17.0 Å². The summed E-state index contributed by atoms with van der Waals surface area (Å²) in [5.74, 6) is 0. The number of nitrogens with zero attached hydrogens (tertiary/aromatic N) is 1. The third kappa shape index (κ3) is 1.74. The van der Waals surface area contributed by atoms with E-state index in [1.54, 1.807) is 0 Å². The molecule has 2 spiro atoms. The van der Waals surface area contributed by atoms with Gasteiger partial charge in [-0.15, -0.1) is 0 Å². The second kappa shape index (κ2) is 3.46. The van der Waals surface area contributed by atoms with E-state index in [0.717, 1.165) is 6.61 Å². The van der Waals surface area contributed by atoms with Crippen molar-refractivity contribution in [1.29, 1.82) is 0 Å². The summed E-state index contributed by atoms with van der Waals surface area (Å²) in [6.45, 7) is 10.2. The number of nitrogens with two attached hydrogens (primary N) is 1. The van der Waals surface area contributed by atoms with Gasteiger partial charge in [0.1, 0.15) is 0 Å². The topological polar surface area (TPSA) is 38.5 Å². The van der Waals surface area contributed by atoms with Crippen LogP contribution in [0.15, 0.2) is 0 Å². The van der Waals surface area contributed by atoms with Gasteiger partial charge >= 0.3 is 0 Å². The average molecular weight is 238 g/mol. The largest absolute Gasteiger partial charge is 0.373 e. The Bertz CT molecular complexity index is 309. The van der Waals surface area contributed by atoms with Crippen LogP contribution in [0.25, 0.3) is 0 Å². The molecular formula is C14H26N2O. The lowest BCUT2D eigenvalue weighted by Crippen LogP contribution is -2.55. The van der Waals surface area contributed by atoms with Gasteiger partial charge in [-0.3, -0.25) is 4.90 Å². The van der Waals surface area contributed by atoms with Gasteiger partial charge in [-0.25, -0.2) is 0 Å². The monoisotopic (exact) mass is 238 g/mol. The summed E-state index contributed by atoms with van der Waals surface area (Å²) in [6.07, 6.45) is 4.82. The predicted octanol–water partition coefficient (Wildman–Crippen LogP) is 1.76. The summed E-state index contributed by atoms with van der Waals surface area (Å²) in [5, 5.41) is 0. The minimum Gasteiger partial charge on any atom is -0.373 e. The molecule has 3 rings (SSSR count). The van der Waals surface area contributed by atoms with Gasteiger partial charge in [0.05, 0.1) is 12.2 Å². The Balaban J connectivity index is 1.69. The molecule has 2 heterocycles. The number of likely N-dealkylation sites (tertiary alicyclic amines) is 1. The molecule has 2 N–H and O–H groups in total. The summed E-state index contributed by atoms with van der Waals surface area (Å²) >= 11 is 0. The molecule has 0 amide bonds. The van der Waals surface area contributed by atoms with Crippen molar-refractivity contribution < 1.29 is 4.74 Å². The van der Waals surface area contributed by atoms with Crippen LogP contribution in [-0.2, 0) is 4.74 Å². The summed E-state index contributed by atoms with van der Waals surface area (Å²) < 4.78 is 6.03. The predicted molar refractivity (Wildman–Crippen MR) is 68.9 cm³/mol. The molecule has 0 aromatic carbocycles. The molecule has 17 heavy (non-hydrogen) atoms. The Morgan fingerprint density at radius 1 is 1.12 bits per heavy atom. The van der Waals surface area contributed by atoms with Crippen LogP contribution in [0.1, 0.15) is 46.5 Å². The lowest BCUT2D eigenvalue weighted by molar-refractivity contribution is 0.0268. The third-order valence-corrected chi connectivity index (χ3v) is 5.32. The average Bonchev–Trinajstić information content (AvgIpc) is 3.01.